The number of rotatable bonds is 5. The molecule has 0 fully saturated rings. The quantitative estimate of drug-likeness (QED) is 0.807. The van der Waals surface area contributed by atoms with Crippen molar-refractivity contribution in [3.63, 3.8) is 0 Å². The van der Waals surface area contributed by atoms with Crippen LogP contribution in [0.3, 0.4) is 0 Å². The SMILES string of the molecule is O=C(NCCCc1nc2c(s1)CCCC2)c1cc2c(s1)CCCC2. The topological polar surface area (TPSA) is 42.0 Å². The molecule has 0 radical (unpaired) electrons. The first-order valence-corrected chi connectivity index (χ1v) is 10.8. The Bertz CT molecular complexity index is 685. The summed E-state index contributed by atoms with van der Waals surface area (Å²) in [6.45, 7) is 0.742. The fraction of sp³-hybridized carbons (Fsp3) is 0.579. The first-order chi connectivity index (χ1) is 11.8. The minimum Gasteiger partial charge on any atom is -0.351 e. The summed E-state index contributed by atoms with van der Waals surface area (Å²) in [7, 11) is 0. The maximum Gasteiger partial charge on any atom is 0.261 e. The number of hydrogen-bond donors (Lipinski definition) is 1. The normalized spacial score (nSPS) is 16.5. The number of thiazole rings is 1. The van der Waals surface area contributed by atoms with Gasteiger partial charge >= 0.3 is 0 Å². The number of aromatic nitrogens is 1. The maximum absolute atomic E-state index is 12.3. The molecular formula is C19H24N2OS2. The molecule has 2 heterocycles. The molecule has 0 spiro atoms. The molecule has 0 unspecified atom stereocenters. The van der Waals surface area contributed by atoms with E-state index in [9.17, 15) is 4.79 Å². The van der Waals surface area contributed by atoms with Gasteiger partial charge in [-0.15, -0.1) is 22.7 Å². The van der Waals surface area contributed by atoms with E-state index in [1.165, 1.54) is 58.1 Å². The molecule has 5 heteroatoms. The van der Waals surface area contributed by atoms with E-state index in [1.54, 1.807) is 11.3 Å². The highest BCUT2D eigenvalue weighted by atomic mass is 32.1. The third kappa shape index (κ3) is 3.57. The predicted molar refractivity (Wildman–Crippen MR) is 100 cm³/mol. The van der Waals surface area contributed by atoms with Crippen molar-refractivity contribution in [2.75, 3.05) is 6.54 Å². The highest BCUT2D eigenvalue weighted by Crippen LogP contribution is 2.30. The van der Waals surface area contributed by atoms with Crippen LogP contribution in [0, 0.1) is 0 Å². The Labute approximate surface area is 151 Å². The van der Waals surface area contributed by atoms with Crippen LogP contribution in [0.2, 0.25) is 0 Å². The molecule has 0 aromatic carbocycles. The van der Waals surface area contributed by atoms with Crippen LogP contribution in [0.5, 0.6) is 0 Å². The van der Waals surface area contributed by atoms with E-state index in [4.69, 9.17) is 4.98 Å². The van der Waals surface area contributed by atoms with E-state index in [-0.39, 0.29) is 5.91 Å². The van der Waals surface area contributed by atoms with Crippen LogP contribution in [0.15, 0.2) is 6.07 Å². The van der Waals surface area contributed by atoms with Crippen LogP contribution in [0.25, 0.3) is 0 Å². The maximum atomic E-state index is 12.3. The smallest absolute Gasteiger partial charge is 0.261 e. The van der Waals surface area contributed by atoms with Gasteiger partial charge in [-0.25, -0.2) is 4.98 Å². The summed E-state index contributed by atoms with van der Waals surface area (Å²) in [5, 5.41) is 4.34. The standard InChI is InChI=1S/C19H24N2OS2/c22-19(17-12-13-6-1-3-8-15(13)23-17)20-11-5-10-18-21-14-7-2-4-9-16(14)24-18/h12H,1-11H2,(H,20,22). The molecule has 0 saturated carbocycles. The summed E-state index contributed by atoms with van der Waals surface area (Å²) in [6.07, 6.45) is 11.8. The molecule has 128 valence electrons. The second kappa shape index (κ2) is 7.36. The number of amides is 1. The minimum absolute atomic E-state index is 0.104. The Morgan fingerprint density at radius 2 is 1.83 bits per heavy atom. The molecule has 4 rings (SSSR count). The molecule has 2 aliphatic rings. The molecule has 0 atom stereocenters. The number of carbonyl (C=O) groups excluding carboxylic acids is 1. The largest absolute Gasteiger partial charge is 0.351 e. The second-order valence-electron chi connectivity index (χ2n) is 6.81. The van der Waals surface area contributed by atoms with Crippen LogP contribution in [0.1, 0.15) is 67.8 Å². The van der Waals surface area contributed by atoms with Crippen molar-refractivity contribution in [1.29, 1.82) is 0 Å². The zero-order chi connectivity index (χ0) is 16.4. The van der Waals surface area contributed by atoms with Crippen LogP contribution in [-0.2, 0) is 32.1 Å². The van der Waals surface area contributed by atoms with Crippen molar-refractivity contribution < 1.29 is 4.79 Å². The summed E-state index contributed by atoms with van der Waals surface area (Å²) < 4.78 is 0. The summed E-state index contributed by atoms with van der Waals surface area (Å²) >= 11 is 3.58. The number of nitrogens with one attached hydrogen (secondary N) is 1. The Hall–Kier alpha value is -1.20. The van der Waals surface area contributed by atoms with Gasteiger partial charge in [0.2, 0.25) is 0 Å². The van der Waals surface area contributed by atoms with Gasteiger partial charge in [-0.1, -0.05) is 0 Å². The summed E-state index contributed by atoms with van der Waals surface area (Å²) in [6, 6.07) is 2.11. The van der Waals surface area contributed by atoms with Gasteiger partial charge in [-0.2, -0.15) is 0 Å². The van der Waals surface area contributed by atoms with Gasteiger partial charge in [0.15, 0.2) is 0 Å². The van der Waals surface area contributed by atoms with E-state index in [1.807, 2.05) is 11.3 Å². The van der Waals surface area contributed by atoms with Crippen molar-refractivity contribution in [2.24, 2.45) is 0 Å². The monoisotopic (exact) mass is 360 g/mol. The molecule has 2 aliphatic carbocycles. The number of fused-ring (bicyclic) bond motifs is 2. The summed E-state index contributed by atoms with van der Waals surface area (Å²) in [4.78, 5) is 20.9. The number of nitrogens with zero attached hydrogens (tertiary/aromatic N) is 1. The van der Waals surface area contributed by atoms with E-state index in [2.05, 4.69) is 11.4 Å². The van der Waals surface area contributed by atoms with E-state index >= 15 is 0 Å². The van der Waals surface area contributed by atoms with Crippen LogP contribution < -0.4 is 5.32 Å². The van der Waals surface area contributed by atoms with Crippen LogP contribution in [-0.4, -0.2) is 17.4 Å². The van der Waals surface area contributed by atoms with Gasteiger partial charge in [0.25, 0.3) is 5.91 Å². The highest BCUT2D eigenvalue weighted by molar-refractivity contribution is 7.14. The molecule has 3 nitrogen and oxygen atoms in total. The van der Waals surface area contributed by atoms with Crippen LogP contribution in [0.4, 0.5) is 0 Å². The highest BCUT2D eigenvalue weighted by Gasteiger charge is 2.17. The zero-order valence-electron chi connectivity index (χ0n) is 14.0. The van der Waals surface area contributed by atoms with Crippen LogP contribution >= 0.6 is 22.7 Å². The predicted octanol–water partition coefficient (Wildman–Crippen LogP) is 4.32. The Kier molecular flexibility index (Phi) is 4.99. The average Bonchev–Trinajstić information content (AvgIpc) is 3.21. The second-order valence-corrected chi connectivity index (χ2v) is 9.12. The molecule has 0 aliphatic heterocycles. The third-order valence-corrected chi connectivity index (χ3v) is 7.42. The van der Waals surface area contributed by atoms with Crippen molar-refractivity contribution in [3.8, 4) is 0 Å². The molecule has 2 aromatic heterocycles. The van der Waals surface area contributed by atoms with E-state index in [0.717, 1.165) is 43.5 Å². The van der Waals surface area contributed by atoms with Gasteiger partial charge in [0.05, 0.1) is 15.6 Å². The lowest BCUT2D eigenvalue weighted by Gasteiger charge is -2.08. The van der Waals surface area contributed by atoms with Gasteiger partial charge in [0, 0.05) is 22.7 Å². The first-order valence-electron chi connectivity index (χ1n) is 9.17. The van der Waals surface area contributed by atoms with Gasteiger partial charge in [-0.3, -0.25) is 4.79 Å². The lowest BCUT2D eigenvalue weighted by atomic mass is 9.99. The molecule has 0 bridgehead atoms. The van der Waals surface area contributed by atoms with Crippen molar-refractivity contribution >= 4 is 28.6 Å². The Morgan fingerprint density at radius 3 is 2.67 bits per heavy atom. The summed E-state index contributed by atoms with van der Waals surface area (Å²) in [5.74, 6) is 0.104. The molecule has 24 heavy (non-hydrogen) atoms. The Morgan fingerprint density at radius 1 is 1.04 bits per heavy atom. The lowest BCUT2D eigenvalue weighted by molar-refractivity contribution is 0.0957. The number of hydrogen-bond acceptors (Lipinski definition) is 4. The van der Waals surface area contributed by atoms with Crippen molar-refractivity contribution in [3.05, 3.63) is 37.0 Å². The molecule has 0 saturated heterocycles. The Balaban J connectivity index is 1.25. The van der Waals surface area contributed by atoms with E-state index in [0.29, 0.717) is 0 Å². The fourth-order valence-corrected chi connectivity index (χ4v) is 6.01. The number of thiophene rings is 1. The van der Waals surface area contributed by atoms with Gasteiger partial charge < -0.3 is 5.32 Å². The average molecular weight is 361 g/mol. The van der Waals surface area contributed by atoms with Crippen molar-refractivity contribution in [1.82, 2.24) is 10.3 Å². The van der Waals surface area contributed by atoms with Crippen molar-refractivity contribution in [2.45, 2.75) is 64.2 Å². The molecule has 1 amide bonds. The number of carbonyl (C=O) groups is 1. The lowest BCUT2D eigenvalue weighted by Crippen LogP contribution is -2.23. The third-order valence-electron chi connectivity index (χ3n) is 4.96. The van der Waals surface area contributed by atoms with Gasteiger partial charge in [0.1, 0.15) is 0 Å². The first kappa shape index (κ1) is 16.3. The van der Waals surface area contributed by atoms with E-state index < -0.39 is 0 Å². The molecule has 2 aromatic rings. The summed E-state index contributed by atoms with van der Waals surface area (Å²) in [5.41, 5.74) is 2.75. The van der Waals surface area contributed by atoms with Gasteiger partial charge in [-0.05, 0) is 69.4 Å². The fourth-order valence-electron chi connectivity index (χ4n) is 3.64. The number of aryl methyl sites for hydroxylation is 5. The minimum atomic E-state index is 0.104. The molecule has 1 N–H and O–H groups in total. The zero-order valence-corrected chi connectivity index (χ0v) is 15.7. The molecular weight excluding hydrogens is 336 g/mol.